The summed E-state index contributed by atoms with van der Waals surface area (Å²) in [4.78, 5) is 13.7. The van der Waals surface area contributed by atoms with Crippen molar-refractivity contribution >= 4 is 21.6 Å². The Balaban J connectivity index is 2.30. The summed E-state index contributed by atoms with van der Waals surface area (Å²) in [5.41, 5.74) is 2.27. The molecule has 0 aliphatic carbocycles. The van der Waals surface area contributed by atoms with Crippen molar-refractivity contribution in [1.29, 1.82) is 0 Å². The normalized spacial score (nSPS) is 11.5. The number of hydrogen-bond donors (Lipinski definition) is 0. The fourth-order valence-electron chi connectivity index (χ4n) is 2.98. The fourth-order valence-corrected chi connectivity index (χ4v) is 4.44. The number of rotatable bonds is 11. The third-order valence-electron chi connectivity index (χ3n) is 4.74. The Kier molecular flexibility index (Phi) is 8.94. The molecule has 0 saturated carbocycles. The maximum atomic E-state index is 13.3. The van der Waals surface area contributed by atoms with Crippen LogP contribution in [0.3, 0.4) is 0 Å². The van der Waals surface area contributed by atoms with E-state index >= 15 is 0 Å². The first-order valence-electron chi connectivity index (χ1n) is 9.86. The van der Waals surface area contributed by atoms with E-state index in [0.29, 0.717) is 5.69 Å². The number of carbonyl (C=O) groups is 1. The van der Waals surface area contributed by atoms with Gasteiger partial charge >= 0.3 is 0 Å². The van der Waals surface area contributed by atoms with E-state index in [0.717, 1.165) is 20.3 Å². The molecule has 0 atom stereocenters. The first-order chi connectivity index (χ1) is 14.6. The second-order valence-electron chi connectivity index (χ2n) is 7.20. The number of benzene rings is 2. The zero-order valence-corrected chi connectivity index (χ0v) is 18.7. The average molecular weight is 455 g/mol. The molecule has 0 saturated heterocycles. The van der Waals surface area contributed by atoms with Crippen LogP contribution in [0, 0.1) is 13.8 Å². The molecule has 0 aliphatic heterocycles. The monoisotopic (exact) mass is 454 g/mol. The Morgan fingerprint density at radius 2 is 1.52 bits per heavy atom. The molecule has 0 fully saturated rings. The van der Waals surface area contributed by atoms with Gasteiger partial charge in [-0.3, -0.25) is 9.10 Å². The summed E-state index contributed by atoms with van der Waals surface area (Å²) >= 11 is 0. The minimum absolute atomic E-state index is 0.00885. The molecular weight excluding hydrogens is 426 g/mol. The predicted molar refractivity (Wildman–Crippen MR) is 116 cm³/mol. The van der Waals surface area contributed by atoms with E-state index in [1.807, 2.05) is 13.8 Å². The maximum absolute atomic E-state index is 13.3. The van der Waals surface area contributed by atoms with E-state index in [4.69, 9.17) is 4.74 Å². The Morgan fingerprint density at radius 3 is 2.03 bits per heavy atom. The highest BCUT2D eigenvalue weighted by Crippen LogP contribution is 2.25. The van der Waals surface area contributed by atoms with Gasteiger partial charge < -0.3 is 9.64 Å². The summed E-state index contributed by atoms with van der Waals surface area (Å²) in [6, 6.07) is 13.3. The number of carbonyl (C=O) groups excluding carboxylic acids is 1. The molecule has 170 valence electrons. The minimum Gasteiger partial charge on any atom is -0.383 e. The molecule has 0 spiro atoms. The fraction of sp³-hybridized carbons (Fsp3) is 0.409. The number of aryl methyl sites for hydroxylation is 2. The van der Waals surface area contributed by atoms with Gasteiger partial charge in [-0.25, -0.2) is 17.2 Å². The molecule has 9 heteroatoms. The van der Waals surface area contributed by atoms with Crippen molar-refractivity contribution < 1.29 is 26.7 Å². The number of nitrogens with zero attached hydrogens (tertiary/aromatic N) is 2. The zero-order chi connectivity index (χ0) is 23.0. The van der Waals surface area contributed by atoms with Crippen LogP contribution in [0.2, 0.25) is 0 Å². The van der Waals surface area contributed by atoms with Gasteiger partial charge in [0.15, 0.2) is 0 Å². The Bertz CT molecular complexity index is 948. The van der Waals surface area contributed by atoms with E-state index in [1.165, 1.54) is 19.2 Å². The molecule has 0 aliphatic rings. The predicted octanol–water partition coefficient (Wildman–Crippen LogP) is 3.63. The lowest BCUT2D eigenvalue weighted by atomic mass is 10.2. The molecule has 0 unspecified atom stereocenters. The van der Waals surface area contributed by atoms with E-state index in [9.17, 15) is 22.0 Å². The second-order valence-corrected chi connectivity index (χ2v) is 9.06. The van der Waals surface area contributed by atoms with E-state index in [-0.39, 0.29) is 31.0 Å². The highest BCUT2D eigenvalue weighted by molar-refractivity contribution is 7.92. The number of anilines is 1. The Hall–Kier alpha value is -2.52. The van der Waals surface area contributed by atoms with Crippen molar-refractivity contribution in [2.45, 2.75) is 31.6 Å². The largest absolute Gasteiger partial charge is 0.383 e. The van der Waals surface area contributed by atoms with Crippen molar-refractivity contribution in [3.05, 3.63) is 59.7 Å². The van der Waals surface area contributed by atoms with Crippen LogP contribution in [-0.4, -0.2) is 59.0 Å². The van der Waals surface area contributed by atoms with E-state index < -0.39 is 28.9 Å². The van der Waals surface area contributed by atoms with Crippen LogP contribution < -0.4 is 4.31 Å². The quantitative estimate of drug-likeness (QED) is 0.520. The third-order valence-corrected chi connectivity index (χ3v) is 6.58. The van der Waals surface area contributed by atoms with Gasteiger partial charge in [0.05, 0.1) is 23.7 Å². The molecule has 0 heterocycles. The molecular formula is C22H28F2N2O4S. The lowest BCUT2D eigenvalue weighted by molar-refractivity contribution is -0.133. The first-order valence-corrected chi connectivity index (χ1v) is 11.3. The van der Waals surface area contributed by atoms with Crippen LogP contribution in [0.15, 0.2) is 53.4 Å². The molecule has 0 aromatic heterocycles. The Labute approximate surface area is 182 Å². The number of hydrogen-bond acceptors (Lipinski definition) is 4. The van der Waals surface area contributed by atoms with Crippen LogP contribution >= 0.6 is 0 Å². The number of halogens is 2. The lowest BCUT2D eigenvalue weighted by Gasteiger charge is -2.27. The lowest BCUT2D eigenvalue weighted by Crippen LogP contribution is -2.40. The van der Waals surface area contributed by atoms with Gasteiger partial charge in [-0.1, -0.05) is 35.4 Å². The highest BCUT2D eigenvalue weighted by atomic mass is 32.2. The van der Waals surface area contributed by atoms with Crippen molar-refractivity contribution in [1.82, 2.24) is 4.90 Å². The van der Waals surface area contributed by atoms with Crippen molar-refractivity contribution in [3.8, 4) is 0 Å². The molecule has 0 radical (unpaired) electrons. The minimum atomic E-state index is -3.96. The second kappa shape index (κ2) is 11.2. The number of sulfonamides is 1. The third kappa shape index (κ3) is 7.00. The SMILES string of the molecule is COCCN(CC(F)F)C(=O)CCN(c1ccc(C)cc1)S(=O)(=O)c1ccc(C)cc1. The molecule has 6 nitrogen and oxygen atoms in total. The molecule has 2 rings (SSSR count). The number of amides is 1. The van der Waals surface area contributed by atoms with Gasteiger partial charge in [0.25, 0.3) is 16.4 Å². The first kappa shape index (κ1) is 24.7. The number of alkyl halides is 2. The highest BCUT2D eigenvalue weighted by Gasteiger charge is 2.27. The van der Waals surface area contributed by atoms with Gasteiger partial charge in [-0.2, -0.15) is 0 Å². The molecule has 1 amide bonds. The van der Waals surface area contributed by atoms with Crippen molar-refractivity contribution in [2.75, 3.05) is 37.7 Å². The Morgan fingerprint density at radius 1 is 0.968 bits per heavy atom. The van der Waals surface area contributed by atoms with Crippen LogP contribution in [-0.2, 0) is 19.6 Å². The summed E-state index contributed by atoms with van der Waals surface area (Å²) in [7, 11) is -2.54. The van der Waals surface area contributed by atoms with E-state index in [1.54, 1.807) is 36.4 Å². The maximum Gasteiger partial charge on any atom is 0.264 e. The molecule has 0 bridgehead atoms. The van der Waals surface area contributed by atoms with Crippen molar-refractivity contribution in [2.24, 2.45) is 0 Å². The van der Waals surface area contributed by atoms with Crippen LogP contribution in [0.1, 0.15) is 17.5 Å². The van der Waals surface area contributed by atoms with Gasteiger partial charge in [-0.05, 0) is 38.1 Å². The molecule has 0 N–H and O–H groups in total. The summed E-state index contributed by atoms with van der Waals surface area (Å²) in [6.45, 7) is 2.95. The molecule has 2 aromatic carbocycles. The summed E-state index contributed by atoms with van der Waals surface area (Å²) in [5.74, 6) is -0.562. The van der Waals surface area contributed by atoms with Gasteiger partial charge in [0, 0.05) is 26.6 Å². The summed E-state index contributed by atoms with van der Waals surface area (Å²) in [6.07, 6.45) is -2.93. The summed E-state index contributed by atoms with van der Waals surface area (Å²) < 4.78 is 58.4. The zero-order valence-electron chi connectivity index (χ0n) is 17.9. The van der Waals surface area contributed by atoms with Crippen LogP contribution in [0.5, 0.6) is 0 Å². The van der Waals surface area contributed by atoms with Gasteiger partial charge in [-0.15, -0.1) is 0 Å². The van der Waals surface area contributed by atoms with Gasteiger partial charge in [0.2, 0.25) is 5.91 Å². The smallest absolute Gasteiger partial charge is 0.264 e. The van der Waals surface area contributed by atoms with Gasteiger partial charge in [0.1, 0.15) is 0 Å². The number of methoxy groups -OCH3 is 1. The van der Waals surface area contributed by atoms with Crippen LogP contribution in [0.25, 0.3) is 0 Å². The van der Waals surface area contributed by atoms with Crippen LogP contribution in [0.4, 0.5) is 14.5 Å². The topological polar surface area (TPSA) is 66.9 Å². The average Bonchev–Trinajstić information content (AvgIpc) is 2.72. The molecule has 2 aromatic rings. The number of ether oxygens (including phenoxy) is 1. The van der Waals surface area contributed by atoms with Crippen molar-refractivity contribution in [3.63, 3.8) is 0 Å². The van der Waals surface area contributed by atoms with E-state index in [2.05, 4.69) is 0 Å². The summed E-state index contributed by atoms with van der Waals surface area (Å²) in [5, 5.41) is 0. The molecule has 31 heavy (non-hydrogen) atoms. The standard InChI is InChI=1S/C22H28F2N2O4S/c1-17-4-8-19(9-5-17)26(31(28,29)20-10-6-18(2)7-11-20)13-12-22(27)25(14-15-30-3)16-21(23)24/h4-11,21H,12-16H2,1-3H3.